The molecule has 0 aliphatic rings. The summed E-state index contributed by atoms with van der Waals surface area (Å²) in [5, 5.41) is 18.3. The Bertz CT molecular complexity index is 1490. The predicted octanol–water partition coefficient (Wildman–Crippen LogP) is 3.32. The smallest absolute Gasteiger partial charge is 0.408 e. The van der Waals surface area contributed by atoms with Crippen molar-refractivity contribution in [1.82, 2.24) is 20.9 Å². The molecule has 0 saturated carbocycles. The molecule has 41 heavy (non-hydrogen) atoms. The molecule has 3 atom stereocenters. The third-order valence-electron chi connectivity index (χ3n) is 6.57. The van der Waals surface area contributed by atoms with Gasteiger partial charge in [-0.15, -0.1) is 0 Å². The van der Waals surface area contributed by atoms with E-state index >= 15 is 0 Å². The molecule has 0 saturated heterocycles. The van der Waals surface area contributed by atoms with Crippen molar-refractivity contribution >= 4 is 34.8 Å². The van der Waals surface area contributed by atoms with Crippen LogP contribution in [0.25, 0.3) is 10.9 Å². The van der Waals surface area contributed by atoms with Gasteiger partial charge in [0.2, 0.25) is 11.8 Å². The van der Waals surface area contributed by atoms with E-state index in [1.807, 2.05) is 84.9 Å². The number of hydrogen-bond donors (Lipinski definition) is 5. The van der Waals surface area contributed by atoms with Crippen LogP contribution in [-0.2, 0) is 38.6 Å². The highest BCUT2D eigenvalue weighted by Gasteiger charge is 2.28. The Morgan fingerprint density at radius 2 is 1.39 bits per heavy atom. The number of carboxylic acids is 1. The molecule has 4 rings (SSSR count). The molecular formula is C31H32N4O6. The van der Waals surface area contributed by atoms with Crippen LogP contribution in [0.2, 0.25) is 0 Å². The van der Waals surface area contributed by atoms with Gasteiger partial charge in [0.1, 0.15) is 24.7 Å². The number of fused-ring (bicyclic) bond motifs is 1. The number of hydrogen-bond acceptors (Lipinski definition) is 5. The molecule has 0 bridgehead atoms. The van der Waals surface area contributed by atoms with Crippen LogP contribution >= 0.6 is 0 Å². The summed E-state index contributed by atoms with van der Waals surface area (Å²) in [5.74, 6) is -2.49. The van der Waals surface area contributed by atoms with Crippen LogP contribution in [0.4, 0.5) is 4.79 Å². The van der Waals surface area contributed by atoms with Crippen molar-refractivity contribution in [3.8, 4) is 0 Å². The number of carbonyl (C=O) groups excluding carboxylic acids is 3. The Hall–Kier alpha value is -5.12. The molecule has 5 N–H and O–H groups in total. The maximum Gasteiger partial charge on any atom is 0.408 e. The first kappa shape index (κ1) is 28.9. The first-order valence-corrected chi connectivity index (χ1v) is 13.2. The monoisotopic (exact) mass is 556 g/mol. The average Bonchev–Trinajstić information content (AvgIpc) is 3.39. The first-order chi connectivity index (χ1) is 19.8. The molecule has 1 heterocycles. The third kappa shape index (κ3) is 8.18. The van der Waals surface area contributed by atoms with Gasteiger partial charge >= 0.3 is 12.1 Å². The zero-order valence-corrected chi connectivity index (χ0v) is 22.5. The number of para-hydroxylation sites is 1. The second-order valence-corrected chi connectivity index (χ2v) is 9.64. The Balaban J connectivity index is 1.38. The van der Waals surface area contributed by atoms with Crippen LogP contribution < -0.4 is 16.0 Å². The minimum Gasteiger partial charge on any atom is -0.480 e. The van der Waals surface area contributed by atoms with Gasteiger partial charge in [-0.1, -0.05) is 78.9 Å². The number of benzene rings is 3. The summed E-state index contributed by atoms with van der Waals surface area (Å²) < 4.78 is 5.28. The molecule has 10 nitrogen and oxygen atoms in total. The number of nitrogens with one attached hydrogen (secondary N) is 4. The van der Waals surface area contributed by atoms with E-state index in [4.69, 9.17) is 4.74 Å². The lowest BCUT2D eigenvalue weighted by Gasteiger charge is -2.22. The van der Waals surface area contributed by atoms with Crippen LogP contribution in [0.1, 0.15) is 23.6 Å². The minimum absolute atomic E-state index is 0.0260. The number of H-pyrrole nitrogens is 1. The highest BCUT2D eigenvalue weighted by molar-refractivity contribution is 5.93. The standard InChI is InChI=1S/C31H32N4O6/c1-20(28(36)34-27(30(38)39)17-23-18-32-25-15-9-8-14-24(23)25)33-29(37)26(16-21-10-4-2-5-11-21)35-31(40)41-19-22-12-6-3-7-13-22/h2-15,18,20,26-27,32H,16-17,19H2,1H3,(H,33,37)(H,34,36)(H,35,40)(H,38,39)/t20-,26+,27-/m0/s1. The molecule has 3 amide bonds. The van der Waals surface area contributed by atoms with Gasteiger partial charge in [-0.25, -0.2) is 9.59 Å². The lowest BCUT2D eigenvalue weighted by Crippen LogP contribution is -2.55. The van der Waals surface area contributed by atoms with Gasteiger partial charge in [0.05, 0.1) is 0 Å². The lowest BCUT2D eigenvalue weighted by atomic mass is 10.0. The molecule has 0 unspecified atom stereocenters. The molecule has 212 valence electrons. The van der Waals surface area contributed by atoms with Crippen LogP contribution in [0.5, 0.6) is 0 Å². The van der Waals surface area contributed by atoms with Crippen molar-refractivity contribution in [2.75, 3.05) is 0 Å². The lowest BCUT2D eigenvalue weighted by molar-refractivity contribution is -0.142. The van der Waals surface area contributed by atoms with Crippen molar-refractivity contribution in [3.05, 3.63) is 108 Å². The SMILES string of the molecule is C[C@H](NC(=O)[C@@H](Cc1ccccc1)NC(=O)OCc1ccccc1)C(=O)N[C@@H](Cc1c[nH]c2ccccc12)C(=O)O. The van der Waals surface area contributed by atoms with E-state index in [-0.39, 0.29) is 19.4 Å². The highest BCUT2D eigenvalue weighted by atomic mass is 16.5. The van der Waals surface area contributed by atoms with Crippen LogP contribution in [0, 0.1) is 0 Å². The fraction of sp³-hybridized carbons (Fsp3) is 0.226. The zero-order valence-electron chi connectivity index (χ0n) is 22.5. The highest BCUT2D eigenvalue weighted by Crippen LogP contribution is 2.19. The molecule has 3 aromatic carbocycles. The van der Waals surface area contributed by atoms with Gasteiger partial charge < -0.3 is 30.8 Å². The second kappa shape index (κ2) is 13.8. The van der Waals surface area contributed by atoms with Crippen molar-refractivity contribution in [2.45, 2.75) is 44.5 Å². The molecule has 10 heteroatoms. The summed E-state index contributed by atoms with van der Waals surface area (Å²) in [6, 6.07) is 22.3. The summed E-state index contributed by atoms with van der Waals surface area (Å²) >= 11 is 0. The second-order valence-electron chi connectivity index (χ2n) is 9.64. The van der Waals surface area contributed by atoms with Crippen LogP contribution in [-0.4, -0.2) is 52.1 Å². The van der Waals surface area contributed by atoms with E-state index in [0.29, 0.717) is 0 Å². The molecule has 0 fully saturated rings. The van der Waals surface area contributed by atoms with Crippen LogP contribution in [0.3, 0.4) is 0 Å². The maximum absolute atomic E-state index is 13.2. The minimum atomic E-state index is -1.22. The summed E-state index contributed by atoms with van der Waals surface area (Å²) in [6.07, 6.45) is 1.14. The Labute approximate surface area is 237 Å². The Morgan fingerprint density at radius 1 is 0.756 bits per heavy atom. The molecule has 0 aliphatic heterocycles. The molecule has 4 aromatic rings. The van der Waals surface area contributed by atoms with Gasteiger partial charge in [-0.05, 0) is 29.7 Å². The van der Waals surface area contributed by atoms with Gasteiger partial charge in [0.25, 0.3) is 0 Å². The van der Waals surface area contributed by atoms with E-state index in [0.717, 1.165) is 27.6 Å². The fourth-order valence-electron chi connectivity index (χ4n) is 4.36. The summed E-state index contributed by atoms with van der Waals surface area (Å²) in [6.45, 7) is 1.48. The number of carboxylic acid groups (broad SMARTS) is 1. The number of aliphatic carboxylic acids is 1. The van der Waals surface area contributed by atoms with E-state index in [9.17, 15) is 24.3 Å². The van der Waals surface area contributed by atoms with E-state index in [1.165, 1.54) is 6.92 Å². The topological polar surface area (TPSA) is 150 Å². The van der Waals surface area contributed by atoms with E-state index < -0.39 is 42.0 Å². The van der Waals surface area contributed by atoms with Gasteiger partial charge in [-0.2, -0.15) is 0 Å². The van der Waals surface area contributed by atoms with Gasteiger partial charge in [-0.3, -0.25) is 9.59 Å². The summed E-state index contributed by atoms with van der Waals surface area (Å²) in [4.78, 5) is 53.8. The van der Waals surface area contributed by atoms with Crippen molar-refractivity contribution in [3.63, 3.8) is 0 Å². The number of aromatic nitrogens is 1. The number of ether oxygens (including phenoxy) is 1. The molecule has 1 aromatic heterocycles. The molecule has 0 radical (unpaired) electrons. The molecule has 0 spiro atoms. The van der Waals surface area contributed by atoms with Crippen molar-refractivity contribution < 1.29 is 29.0 Å². The van der Waals surface area contributed by atoms with Gasteiger partial charge in [0.15, 0.2) is 0 Å². The van der Waals surface area contributed by atoms with E-state index in [2.05, 4.69) is 20.9 Å². The average molecular weight is 557 g/mol. The maximum atomic E-state index is 13.2. The number of carbonyl (C=O) groups is 4. The van der Waals surface area contributed by atoms with Crippen molar-refractivity contribution in [1.29, 1.82) is 0 Å². The number of aromatic amines is 1. The van der Waals surface area contributed by atoms with Gasteiger partial charge in [0, 0.05) is 29.9 Å². The number of alkyl carbamates (subject to hydrolysis) is 1. The van der Waals surface area contributed by atoms with E-state index in [1.54, 1.807) is 6.20 Å². The summed E-state index contributed by atoms with van der Waals surface area (Å²) in [7, 11) is 0. The molecular weight excluding hydrogens is 524 g/mol. The largest absolute Gasteiger partial charge is 0.480 e. The quantitative estimate of drug-likeness (QED) is 0.181. The first-order valence-electron chi connectivity index (χ1n) is 13.2. The normalized spacial score (nSPS) is 13.0. The van der Waals surface area contributed by atoms with Crippen LogP contribution in [0.15, 0.2) is 91.1 Å². The summed E-state index contributed by atoms with van der Waals surface area (Å²) in [5.41, 5.74) is 3.18. The third-order valence-corrected chi connectivity index (χ3v) is 6.57. The molecule has 0 aliphatic carbocycles. The van der Waals surface area contributed by atoms with Crippen molar-refractivity contribution in [2.24, 2.45) is 0 Å². The Morgan fingerprint density at radius 3 is 2.07 bits per heavy atom. The zero-order chi connectivity index (χ0) is 29.2. The number of amides is 3. The fourth-order valence-corrected chi connectivity index (χ4v) is 4.36. The number of rotatable bonds is 12. The predicted molar refractivity (Wildman–Crippen MR) is 153 cm³/mol. The Kier molecular flexibility index (Phi) is 9.71.